The van der Waals surface area contributed by atoms with E-state index in [1.54, 1.807) is 12.1 Å². The molecule has 16 heavy (non-hydrogen) atoms. The van der Waals surface area contributed by atoms with Crippen LogP contribution < -0.4 is 16.8 Å². The molecule has 7 nitrogen and oxygen atoms in total. The maximum absolute atomic E-state index is 11.0. The molecule has 7 heteroatoms. The van der Waals surface area contributed by atoms with Crippen molar-refractivity contribution in [3.8, 4) is 0 Å². The lowest BCUT2D eigenvalue weighted by molar-refractivity contribution is 0.100. The van der Waals surface area contributed by atoms with Crippen molar-refractivity contribution < 1.29 is 14.3 Å². The molecule has 1 aromatic heterocycles. The Bertz CT molecular complexity index is 394. The molecule has 0 fully saturated rings. The number of anilines is 1. The molecule has 0 bridgehead atoms. The van der Waals surface area contributed by atoms with Crippen LogP contribution in [0.1, 0.15) is 10.4 Å². The van der Waals surface area contributed by atoms with Crippen molar-refractivity contribution in [3.05, 3.63) is 23.9 Å². The second-order valence-corrected chi connectivity index (χ2v) is 2.86. The van der Waals surface area contributed by atoms with Crippen LogP contribution in [0, 0.1) is 0 Å². The number of ether oxygens (including phenoxy) is 1. The van der Waals surface area contributed by atoms with Gasteiger partial charge in [-0.25, -0.2) is 9.78 Å². The summed E-state index contributed by atoms with van der Waals surface area (Å²) >= 11 is 0. The van der Waals surface area contributed by atoms with E-state index in [9.17, 15) is 9.59 Å². The van der Waals surface area contributed by atoms with Crippen LogP contribution in [-0.2, 0) is 4.74 Å². The van der Waals surface area contributed by atoms with Crippen molar-refractivity contribution in [2.45, 2.75) is 0 Å². The van der Waals surface area contributed by atoms with Crippen LogP contribution in [0.5, 0.6) is 0 Å². The Morgan fingerprint density at radius 2 is 2.19 bits per heavy atom. The molecule has 0 spiro atoms. The lowest BCUT2D eigenvalue weighted by Crippen LogP contribution is -2.20. The number of rotatable bonds is 5. The van der Waals surface area contributed by atoms with E-state index in [4.69, 9.17) is 11.5 Å². The molecule has 0 aliphatic rings. The molecule has 0 radical (unpaired) electrons. The number of nitrogens with two attached hydrogens (primary N) is 2. The molecule has 2 amide bonds. The summed E-state index contributed by atoms with van der Waals surface area (Å²) in [5.41, 5.74) is 10.2. The van der Waals surface area contributed by atoms with E-state index < -0.39 is 12.0 Å². The molecule has 1 aromatic rings. The highest BCUT2D eigenvalue weighted by Crippen LogP contribution is 2.09. The maximum atomic E-state index is 11.0. The number of hydrogen-bond acceptors (Lipinski definition) is 5. The lowest BCUT2D eigenvalue weighted by atomic mass is 10.2. The average molecular weight is 224 g/mol. The fraction of sp³-hybridized carbons (Fsp3) is 0.222. The van der Waals surface area contributed by atoms with E-state index in [1.165, 1.54) is 6.20 Å². The first-order chi connectivity index (χ1) is 7.61. The fourth-order valence-corrected chi connectivity index (χ4v) is 1.07. The Kier molecular flexibility index (Phi) is 4.07. The van der Waals surface area contributed by atoms with Crippen molar-refractivity contribution in [1.82, 2.24) is 4.98 Å². The Balaban J connectivity index is 2.53. The van der Waals surface area contributed by atoms with Gasteiger partial charge in [-0.3, -0.25) is 4.79 Å². The smallest absolute Gasteiger partial charge is 0.404 e. The van der Waals surface area contributed by atoms with Crippen molar-refractivity contribution in [1.29, 1.82) is 0 Å². The highest BCUT2D eigenvalue weighted by molar-refractivity contribution is 5.97. The zero-order valence-electron chi connectivity index (χ0n) is 8.47. The zero-order valence-corrected chi connectivity index (χ0v) is 8.47. The molecule has 0 unspecified atom stereocenters. The molecule has 0 saturated heterocycles. The minimum atomic E-state index is -0.849. The summed E-state index contributed by atoms with van der Waals surface area (Å²) in [5, 5.41) is 2.81. The number of amides is 2. The topological polar surface area (TPSA) is 120 Å². The summed E-state index contributed by atoms with van der Waals surface area (Å²) in [6.07, 6.45) is 0.668. The van der Waals surface area contributed by atoms with Gasteiger partial charge in [0, 0.05) is 6.20 Å². The lowest BCUT2D eigenvalue weighted by Gasteiger charge is -2.08. The molecule has 0 aromatic carbocycles. The molecule has 0 atom stereocenters. The summed E-state index contributed by atoms with van der Waals surface area (Å²) in [6.45, 7) is 0.379. The number of aromatic nitrogens is 1. The van der Waals surface area contributed by atoms with E-state index in [0.717, 1.165) is 0 Å². The van der Waals surface area contributed by atoms with Gasteiger partial charge in [0.2, 0.25) is 0 Å². The van der Waals surface area contributed by atoms with Crippen LogP contribution in [0.3, 0.4) is 0 Å². The highest BCUT2D eigenvalue weighted by Gasteiger charge is 2.07. The van der Waals surface area contributed by atoms with E-state index in [2.05, 4.69) is 15.0 Å². The summed E-state index contributed by atoms with van der Waals surface area (Å²) in [4.78, 5) is 25.2. The molecule has 0 aliphatic carbocycles. The monoisotopic (exact) mass is 224 g/mol. The normalized spacial score (nSPS) is 9.50. The Morgan fingerprint density at radius 3 is 2.81 bits per heavy atom. The maximum Gasteiger partial charge on any atom is 0.404 e. The Labute approximate surface area is 91.8 Å². The molecule has 5 N–H and O–H groups in total. The number of primary amides is 2. The van der Waals surface area contributed by atoms with E-state index >= 15 is 0 Å². The second-order valence-electron chi connectivity index (χ2n) is 2.86. The standard InChI is InChI=1S/C9H12N4O3/c10-7(14)6-2-1-3-12-8(6)13-4-5-16-9(11)15/h1-3H,4-5H2,(H2,10,14)(H2,11,15)(H,12,13). The van der Waals surface area contributed by atoms with Crippen LogP contribution in [0.2, 0.25) is 0 Å². The van der Waals surface area contributed by atoms with E-state index in [-0.39, 0.29) is 12.2 Å². The van der Waals surface area contributed by atoms with Crippen molar-refractivity contribution in [2.75, 3.05) is 18.5 Å². The van der Waals surface area contributed by atoms with Gasteiger partial charge in [-0.1, -0.05) is 0 Å². The van der Waals surface area contributed by atoms with Crippen molar-refractivity contribution in [2.24, 2.45) is 11.5 Å². The van der Waals surface area contributed by atoms with E-state index in [0.29, 0.717) is 12.4 Å². The van der Waals surface area contributed by atoms with Gasteiger partial charge in [-0.15, -0.1) is 0 Å². The van der Waals surface area contributed by atoms with Gasteiger partial charge < -0.3 is 21.5 Å². The molecule has 1 heterocycles. The number of hydrogen-bond donors (Lipinski definition) is 3. The first-order valence-corrected chi connectivity index (χ1v) is 4.52. The number of carbonyl (C=O) groups excluding carboxylic acids is 2. The van der Waals surface area contributed by atoms with Crippen LogP contribution in [0.15, 0.2) is 18.3 Å². The van der Waals surface area contributed by atoms with Crippen LogP contribution in [-0.4, -0.2) is 30.1 Å². The van der Waals surface area contributed by atoms with Crippen LogP contribution in [0.4, 0.5) is 10.6 Å². The summed E-state index contributed by atoms with van der Waals surface area (Å²) in [7, 11) is 0. The minimum absolute atomic E-state index is 0.0874. The molecular weight excluding hydrogens is 212 g/mol. The van der Waals surface area contributed by atoms with Gasteiger partial charge in [0.15, 0.2) is 0 Å². The zero-order chi connectivity index (χ0) is 12.0. The predicted octanol–water partition coefficient (Wildman–Crippen LogP) is -0.312. The first-order valence-electron chi connectivity index (χ1n) is 4.52. The van der Waals surface area contributed by atoms with Gasteiger partial charge in [0.1, 0.15) is 12.4 Å². The SMILES string of the molecule is NC(=O)OCCNc1ncccc1C(N)=O. The largest absolute Gasteiger partial charge is 0.448 e. The first kappa shape index (κ1) is 11.8. The van der Waals surface area contributed by atoms with E-state index in [1.807, 2.05) is 0 Å². The average Bonchev–Trinajstić information content (AvgIpc) is 2.24. The van der Waals surface area contributed by atoms with Crippen molar-refractivity contribution >= 4 is 17.8 Å². The third kappa shape index (κ3) is 3.45. The minimum Gasteiger partial charge on any atom is -0.448 e. The van der Waals surface area contributed by atoms with Gasteiger partial charge in [0.05, 0.1) is 12.1 Å². The van der Waals surface area contributed by atoms with Gasteiger partial charge in [-0.05, 0) is 12.1 Å². The molecule has 0 aliphatic heterocycles. The summed E-state index contributed by atoms with van der Waals surface area (Å²) in [5.74, 6) is -0.227. The molecule has 1 rings (SSSR count). The third-order valence-electron chi connectivity index (χ3n) is 1.71. The second kappa shape index (κ2) is 5.54. The molecule has 0 saturated carbocycles. The van der Waals surface area contributed by atoms with Gasteiger partial charge >= 0.3 is 6.09 Å². The summed E-state index contributed by atoms with van der Waals surface area (Å²) in [6, 6.07) is 3.15. The van der Waals surface area contributed by atoms with Gasteiger partial charge in [-0.2, -0.15) is 0 Å². The number of nitrogens with one attached hydrogen (secondary N) is 1. The number of nitrogens with zero attached hydrogens (tertiary/aromatic N) is 1. The number of pyridine rings is 1. The number of carbonyl (C=O) groups is 2. The Hall–Kier alpha value is -2.31. The third-order valence-corrected chi connectivity index (χ3v) is 1.71. The quantitative estimate of drug-likeness (QED) is 0.592. The molecule has 86 valence electrons. The fourth-order valence-electron chi connectivity index (χ4n) is 1.07. The highest BCUT2D eigenvalue weighted by atomic mass is 16.5. The van der Waals surface area contributed by atoms with Gasteiger partial charge in [0.25, 0.3) is 5.91 Å². The van der Waals surface area contributed by atoms with Crippen LogP contribution >= 0.6 is 0 Å². The molecular formula is C9H12N4O3. The van der Waals surface area contributed by atoms with Crippen LogP contribution in [0.25, 0.3) is 0 Å². The summed E-state index contributed by atoms with van der Waals surface area (Å²) < 4.78 is 4.50. The predicted molar refractivity (Wildman–Crippen MR) is 56.8 cm³/mol. The van der Waals surface area contributed by atoms with Crippen molar-refractivity contribution in [3.63, 3.8) is 0 Å². The Morgan fingerprint density at radius 1 is 1.44 bits per heavy atom.